The number of benzene rings is 7. The largest absolute Gasteiger partial charge is 0.423 e. The van der Waals surface area contributed by atoms with Gasteiger partial charge in [0.25, 0.3) is 0 Å². The summed E-state index contributed by atoms with van der Waals surface area (Å²) >= 11 is 0. The zero-order valence-electron chi connectivity index (χ0n) is 30.7. The molecule has 0 radical (unpaired) electrons. The number of hydrogen-bond acceptors (Lipinski definition) is 6. The Kier molecular flexibility index (Phi) is 10.4. The minimum absolute atomic E-state index is 0.0582. The lowest BCUT2D eigenvalue weighted by Gasteiger charge is -2.34. The summed E-state index contributed by atoms with van der Waals surface area (Å²) in [6, 6.07) is 54.7. The maximum Gasteiger partial charge on any atom is 0.344 e. The van der Waals surface area contributed by atoms with E-state index in [2.05, 4.69) is 9.80 Å². The fourth-order valence-electron chi connectivity index (χ4n) is 6.38. The van der Waals surface area contributed by atoms with Crippen molar-refractivity contribution in [3.8, 4) is 11.5 Å². The fraction of sp³-hybridized carbons (Fsp3) is 0.0833. The molecule has 0 aromatic heterocycles. The van der Waals surface area contributed by atoms with Gasteiger partial charge in [0.1, 0.15) is 11.5 Å². The predicted molar refractivity (Wildman–Crippen MR) is 218 cm³/mol. The normalized spacial score (nSPS) is 10.7. The molecular weight excluding hydrogens is 669 g/mol. The first kappa shape index (κ1) is 35.5. The van der Waals surface area contributed by atoms with Gasteiger partial charge in [-0.1, -0.05) is 97.1 Å². The van der Waals surface area contributed by atoms with Crippen LogP contribution in [0.2, 0.25) is 0 Å². The Morgan fingerprint density at radius 2 is 0.685 bits per heavy atom. The summed E-state index contributed by atoms with van der Waals surface area (Å²) in [6.07, 6.45) is 0. The monoisotopic (exact) mass is 708 g/mol. The Hall–Kier alpha value is -6.92. The van der Waals surface area contributed by atoms with Gasteiger partial charge < -0.3 is 19.3 Å². The maximum atomic E-state index is 14.6. The minimum atomic E-state index is -0.684. The van der Waals surface area contributed by atoms with Crippen LogP contribution in [0.3, 0.4) is 0 Å². The number of rotatable bonds is 10. The molecule has 0 unspecified atom stereocenters. The molecule has 0 fully saturated rings. The summed E-state index contributed by atoms with van der Waals surface area (Å²) in [7, 11) is 0. The lowest BCUT2D eigenvalue weighted by Crippen LogP contribution is -2.23. The van der Waals surface area contributed by atoms with E-state index < -0.39 is 11.9 Å². The molecule has 0 heterocycles. The molecular formula is C48H40N2O4. The van der Waals surface area contributed by atoms with Crippen LogP contribution in [0.15, 0.2) is 170 Å². The van der Waals surface area contributed by atoms with Crippen molar-refractivity contribution in [1.82, 2.24) is 0 Å². The molecule has 0 aliphatic heterocycles. The van der Waals surface area contributed by atoms with Crippen molar-refractivity contribution in [2.75, 3.05) is 9.80 Å². The molecule has 0 saturated heterocycles. The van der Waals surface area contributed by atoms with Crippen molar-refractivity contribution in [3.63, 3.8) is 0 Å². The SMILES string of the molecule is Cc1ccc(C)c(OC(=O)c2cc(N(c3ccccc3)c3ccccc3)c(N(c3ccccc3)c3ccccc3)cc2C(=O)Oc2cc(C)ccc2C)c1. The highest BCUT2D eigenvalue weighted by molar-refractivity contribution is 6.08. The van der Waals surface area contributed by atoms with Gasteiger partial charge in [0, 0.05) is 22.7 Å². The van der Waals surface area contributed by atoms with E-state index in [0.717, 1.165) is 45.0 Å². The molecule has 6 nitrogen and oxygen atoms in total. The molecule has 0 saturated carbocycles. The number of nitrogens with zero attached hydrogens (tertiary/aromatic N) is 2. The maximum absolute atomic E-state index is 14.6. The van der Waals surface area contributed by atoms with Gasteiger partial charge in [0.05, 0.1) is 22.5 Å². The van der Waals surface area contributed by atoms with E-state index >= 15 is 0 Å². The summed E-state index contributed by atoms with van der Waals surface area (Å²) in [4.78, 5) is 33.3. The first-order chi connectivity index (χ1) is 26.3. The average molecular weight is 709 g/mol. The third-order valence-corrected chi connectivity index (χ3v) is 9.19. The van der Waals surface area contributed by atoms with E-state index in [-0.39, 0.29) is 11.1 Å². The van der Waals surface area contributed by atoms with Gasteiger partial charge >= 0.3 is 11.9 Å². The molecule has 54 heavy (non-hydrogen) atoms. The molecule has 0 aliphatic carbocycles. The van der Waals surface area contributed by atoms with Gasteiger partial charge in [0.2, 0.25) is 0 Å². The van der Waals surface area contributed by atoms with Crippen LogP contribution in [-0.4, -0.2) is 11.9 Å². The molecule has 0 atom stereocenters. The van der Waals surface area contributed by atoms with Crippen molar-refractivity contribution in [3.05, 3.63) is 203 Å². The lowest BCUT2D eigenvalue weighted by molar-refractivity contribution is 0.0691. The number of esters is 2. The van der Waals surface area contributed by atoms with Gasteiger partial charge in [-0.25, -0.2) is 9.59 Å². The van der Waals surface area contributed by atoms with Crippen molar-refractivity contribution < 1.29 is 19.1 Å². The van der Waals surface area contributed by atoms with Gasteiger partial charge in [-0.3, -0.25) is 0 Å². The van der Waals surface area contributed by atoms with Crippen molar-refractivity contribution in [1.29, 1.82) is 0 Å². The Labute approximate surface area is 316 Å². The number of carbonyl (C=O) groups excluding carboxylic acids is 2. The van der Waals surface area contributed by atoms with Crippen LogP contribution in [0.5, 0.6) is 11.5 Å². The zero-order chi connectivity index (χ0) is 37.6. The molecule has 0 amide bonds. The van der Waals surface area contributed by atoms with E-state index in [4.69, 9.17) is 9.47 Å². The van der Waals surface area contributed by atoms with E-state index in [0.29, 0.717) is 22.9 Å². The van der Waals surface area contributed by atoms with Gasteiger partial charge in [-0.05, 0) is 123 Å². The van der Waals surface area contributed by atoms with Gasteiger partial charge in [0.15, 0.2) is 0 Å². The van der Waals surface area contributed by atoms with E-state index in [9.17, 15) is 9.59 Å². The number of para-hydroxylation sites is 4. The quantitative estimate of drug-likeness (QED) is 0.104. The first-order valence-corrected chi connectivity index (χ1v) is 17.8. The van der Waals surface area contributed by atoms with Crippen LogP contribution in [0.4, 0.5) is 34.1 Å². The molecule has 0 spiro atoms. The Morgan fingerprint density at radius 3 is 0.981 bits per heavy atom. The van der Waals surface area contributed by atoms with Crippen LogP contribution in [-0.2, 0) is 0 Å². The standard InChI is InChI=1S/C48H40N2O4/c1-33-25-27-35(3)45(29-33)53-47(51)41-31-43(49(37-17-9-5-10-18-37)38-19-11-6-12-20-38)44(32-42(41)48(52)54-46-30-34(2)26-28-36(46)4)50(39-21-13-7-14-22-39)40-23-15-8-16-24-40/h5-32H,1-4H3. The third kappa shape index (κ3) is 7.64. The molecule has 0 N–H and O–H groups in total. The second-order valence-electron chi connectivity index (χ2n) is 13.2. The van der Waals surface area contributed by atoms with Crippen LogP contribution >= 0.6 is 0 Å². The fourth-order valence-corrected chi connectivity index (χ4v) is 6.38. The summed E-state index contributed by atoms with van der Waals surface area (Å²) in [6.45, 7) is 7.65. The highest BCUT2D eigenvalue weighted by Gasteiger charge is 2.30. The number of anilines is 6. The summed E-state index contributed by atoms with van der Waals surface area (Å²) in [5.41, 5.74) is 8.26. The highest BCUT2D eigenvalue weighted by atomic mass is 16.5. The van der Waals surface area contributed by atoms with Gasteiger partial charge in [-0.2, -0.15) is 0 Å². The molecule has 0 aliphatic rings. The third-order valence-electron chi connectivity index (χ3n) is 9.19. The van der Waals surface area contributed by atoms with Crippen LogP contribution in [0.25, 0.3) is 0 Å². The second kappa shape index (κ2) is 15.8. The van der Waals surface area contributed by atoms with Crippen molar-refractivity contribution >= 4 is 46.1 Å². The molecule has 6 heteroatoms. The summed E-state index contributed by atoms with van der Waals surface area (Å²) in [5, 5.41) is 0. The van der Waals surface area contributed by atoms with Crippen molar-refractivity contribution in [2.24, 2.45) is 0 Å². The first-order valence-electron chi connectivity index (χ1n) is 17.8. The number of hydrogen-bond donors (Lipinski definition) is 0. The Bertz CT molecular complexity index is 2160. The van der Waals surface area contributed by atoms with Crippen molar-refractivity contribution in [2.45, 2.75) is 27.7 Å². The topological polar surface area (TPSA) is 59.1 Å². The van der Waals surface area contributed by atoms with E-state index in [1.807, 2.05) is 185 Å². The smallest absolute Gasteiger partial charge is 0.344 e. The van der Waals surface area contributed by atoms with Crippen LogP contribution in [0, 0.1) is 27.7 Å². The molecule has 0 bridgehead atoms. The Morgan fingerprint density at radius 1 is 0.389 bits per heavy atom. The second-order valence-corrected chi connectivity index (χ2v) is 13.2. The van der Waals surface area contributed by atoms with Crippen LogP contribution < -0.4 is 19.3 Å². The number of carbonyl (C=O) groups is 2. The predicted octanol–water partition coefficient (Wildman–Crippen LogP) is 12.3. The Balaban J connectivity index is 1.54. The molecule has 7 aromatic carbocycles. The van der Waals surface area contributed by atoms with Crippen LogP contribution in [0.1, 0.15) is 43.0 Å². The number of aryl methyl sites for hydroxylation is 4. The molecule has 7 rings (SSSR count). The summed E-state index contributed by atoms with van der Waals surface area (Å²) < 4.78 is 12.3. The minimum Gasteiger partial charge on any atom is -0.423 e. The van der Waals surface area contributed by atoms with Gasteiger partial charge in [-0.15, -0.1) is 0 Å². The van der Waals surface area contributed by atoms with E-state index in [1.165, 1.54) is 0 Å². The lowest BCUT2D eigenvalue weighted by atomic mass is 10.0. The molecule has 7 aromatic rings. The van der Waals surface area contributed by atoms with E-state index in [1.54, 1.807) is 12.1 Å². The summed E-state index contributed by atoms with van der Waals surface area (Å²) in [5.74, 6) is -0.539. The number of ether oxygens (including phenoxy) is 2. The zero-order valence-corrected chi connectivity index (χ0v) is 30.7. The average Bonchev–Trinajstić information content (AvgIpc) is 3.20. The highest BCUT2D eigenvalue weighted by Crippen LogP contribution is 2.47. The molecule has 266 valence electrons.